The lowest BCUT2D eigenvalue weighted by Crippen LogP contribution is -2.18. The van der Waals surface area contributed by atoms with Crippen molar-refractivity contribution in [2.24, 2.45) is 0 Å². The van der Waals surface area contributed by atoms with Gasteiger partial charge in [0.15, 0.2) is 11.5 Å². The van der Waals surface area contributed by atoms with Crippen LogP contribution < -0.4 is 15.0 Å². The fourth-order valence-corrected chi connectivity index (χ4v) is 1.83. The molecule has 1 aliphatic rings. The van der Waals surface area contributed by atoms with Gasteiger partial charge in [0.25, 0.3) is 5.56 Å². The van der Waals surface area contributed by atoms with Crippen molar-refractivity contribution in [1.29, 1.82) is 0 Å². The molecule has 0 aliphatic carbocycles. The molecule has 17 heavy (non-hydrogen) atoms. The molecule has 0 saturated carbocycles. The van der Waals surface area contributed by atoms with E-state index in [1.54, 1.807) is 22.9 Å². The third-order valence-corrected chi connectivity index (χ3v) is 2.69. The summed E-state index contributed by atoms with van der Waals surface area (Å²) in [6.07, 6.45) is 1.77. The largest absolute Gasteiger partial charge is 0.454 e. The highest BCUT2D eigenvalue weighted by Gasteiger charge is 2.13. The molecule has 1 aromatic heterocycles. The van der Waals surface area contributed by atoms with Crippen molar-refractivity contribution in [2.45, 2.75) is 6.54 Å². The van der Waals surface area contributed by atoms with Gasteiger partial charge in [0, 0.05) is 12.3 Å². The summed E-state index contributed by atoms with van der Waals surface area (Å²) in [6.45, 7) is 0.806. The fourth-order valence-electron chi connectivity index (χ4n) is 1.83. The van der Waals surface area contributed by atoms with Crippen molar-refractivity contribution in [3.63, 3.8) is 0 Å². The highest BCUT2D eigenvalue weighted by Crippen LogP contribution is 2.32. The lowest BCUT2D eigenvalue weighted by atomic mass is 10.2. The van der Waals surface area contributed by atoms with Gasteiger partial charge in [-0.25, -0.2) is 0 Å². The Morgan fingerprint density at radius 2 is 2.00 bits per heavy atom. The first-order valence-corrected chi connectivity index (χ1v) is 5.37. The van der Waals surface area contributed by atoms with Crippen LogP contribution in [0.1, 0.15) is 5.56 Å². The van der Waals surface area contributed by atoms with E-state index in [9.17, 15) is 4.79 Å². The van der Waals surface area contributed by atoms with Crippen molar-refractivity contribution in [1.82, 2.24) is 4.57 Å². The SMILES string of the molecule is O=c1ccccn1Cc1ccc2c(c1)OCO2. The highest BCUT2D eigenvalue weighted by molar-refractivity contribution is 5.44. The standard InChI is InChI=1S/C13H11NO3/c15-13-3-1-2-6-14(13)8-10-4-5-11-12(7-10)17-9-16-11/h1-7H,8-9H2. The number of hydrogen-bond acceptors (Lipinski definition) is 3. The van der Waals surface area contributed by atoms with Gasteiger partial charge in [-0.05, 0) is 23.8 Å². The van der Waals surface area contributed by atoms with Gasteiger partial charge in [0.2, 0.25) is 6.79 Å². The third kappa shape index (κ3) is 1.89. The van der Waals surface area contributed by atoms with E-state index in [0.717, 1.165) is 17.1 Å². The van der Waals surface area contributed by atoms with E-state index < -0.39 is 0 Å². The molecule has 0 radical (unpaired) electrons. The van der Waals surface area contributed by atoms with Crippen molar-refractivity contribution in [2.75, 3.05) is 6.79 Å². The molecule has 0 saturated heterocycles. The Balaban J connectivity index is 1.91. The number of fused-ring (bicyclic) bond motifs is 1. The zero-order chi connectivity index (χ0) is 11.7. The van der Waals surface area contributed by atoms with E-state index in [-0.39, 0.29) is 12.4 Å². The molecule has 0 unspecified atom stereocenters. The molecule has 0 fully saturated rings. The highest BCUT2D eigenvalue weighted by atomic mass is 16.7. The lowest BCUT2D eigenvalue weighted by molar-refractivity contribution is 0.174. The van der Waals surface area contributed by atoms with Gasteiger partial charge in [-0.2, -0.15) is 0 Å². The molecule has 0 amide bonds. The lowest BCUT2D eigenvalue weighted by Gasteiger charge is -2.05. The minimum absolute atomic E-state index is 0.00910. The molecule has 0 N–H and O–H groups in total. The van der Waals surface area contributed by atoms with Gasteiger partial charge < -0.3 is 14.0 Å². The number of pyridine rings is 1. The van der Waals surface area contributed by atoms with Gasteiger partial charge in [-0.15, -0.1) is 0 Å². The Labute approximate surface area is 98.0 Å². The van der Waals surface area contributed by atoms with E-state index >= 15 is 0 Å². The maximum Gasteiger partial charge on any atom is 0.250 e. The average Bonchev–Trinajstić information content (AvgIpc) is 2.79. The second-order valence-electron chi connectivity index (χ2n) is 3.85. The van der Waals surface area contributed by atoms with Crippen LogP contribution in [0.15, 0.2) is 47.4 Å². The molecule has 3 rings (SSSR count). The fraction of sp³-hybridized carbons (Fsp3) is 0.154. The summed E-state index contributed by atoms with van der Waals surface area (Å²) >= 11 is 0. The van der Waals surface area contributed by atoms with E-state index in [4.69, 9.17) is 9.47 Å². The number of nitrogens with zero attached hydrogens (tertiary/aromatic N) is 1. The normalized spacial score (nSPS) is 12.7. The maximum atomic E-state index is 11.6. The summed E-state index contributed by atoms with van der Waals surface area (Å²) in [7, 11) is 0. The molecule has 4 heteroatoms. The first-order valence-electron chi connectivity index (χ1n) is 5.37. The van der Waals surface area contributed by atoms with E-state index in [1.165, 1.54) is 0 Å². The zero-order valence-electron chi connectivity index (χ0n) is 9.13. The molecule has 0 atom stereocenters. The minimum atomic E-state index is -0.00910. The topological polar surface area (TPSA) is 40.5 Å². The summed E-state index contributed by atoms with van der Waals surface area (Å²) in [5.41, 5.74) is 1.01. The van der Waals surface area contributed by atoms with Crippen LogP contribution in [-0.4, -0.2) is 11.4 Å². The smallest absolute Gasteiger partial charge is 0.250 e. The molecule has 86 valence electrons. The van der Waals surface area contributed by atoms with Gasteiger partial charge in [-0.1, -0.05) is 12.1 Å². The molecule has 2 heterocycles. The number of ether oxygens (including phenoxy) is 2. The Bertz CT molecular complexity index is 604. The zero-order valence-corrected chi connectivity index (χ0v) is 9.13. The van der Waals surface area contributed by atoms with Gasteiger partial charge in [0.1, 0.15) is 0 Å². The third-order valence-electron chi connectivity index (χ3n) is 2.69. The maximum absolute atomic E-state index is 11.6. The Kier molecular flexibility index (Phi) is 2.33. The predicted octanol–water partition coefficient (Wildman–Crippen LogP) is 1.63. The summed E-state index contributed by atoms with van der Waals surface area (Å²) in [4.78, 5) is 11.6. The Morgan fingerprint density at radius 1 is 1.12 bits per heavy atom. The van der Waals surface area contributed by atoms with E-state index in [1.807, 2.05) is 24.3 Å². The van der Waals surface area contributed by atoms with Crippen LogP contribution in [-0.2, 0) is 6.54 Å². The second kappa shape index (κ2) is 3.97. The van der Waals surface area contributed by atoms with Crippen molar-refractivity contribution in [3.05, 3.63) is 58.5 Å². The average molecular weight is 229 g/mol. The van der Waals surface area contributed by atoms with Crippen molar-refractivity contribution in [3.8, 4) is 11.5 Å². The quantitative estimate of drug-likeness (QED) is 0.785. The number of rotatable bonds is 2. The molecular formula is C13H11NO3. The number of aromatic nitrogens is 1. The summed E-state index contributed by atoms with van der Waals surface area (Å²) < 4.78 is 12.2. The molecule has 1 aromatic carbocycles. The van der Waals surface area contributed by atoms with E-state index in [0.29, 0.717) is 6.54 Å². The van der Waals surface area contributed by atoms with Crippen LogP contribution in [0.4, 0.5) is 0 Å². The number of benzene rings is 1. The molecule has 0 spiro atoms. The molecule has 0 bridgehead atoms. The van der Waals surface area contributed by atoms with Crippen LogP contribution in [0.3, 0.4) is 0 Å². The predicted molar refractivity (Wildman–Crippen MR) is 62.4 cm³/mol. The summed E-state index contributed by atoms with van der Waals surface area (Å²) in [5.74, 6) is 1.50. The molecule has 4 nitrogen and oxygen atoms in total. The Hall–Kier alpha value is -2.23. The first-order chi connectivity index (χ1) is 8.33. The van der Waals surface area contributed by atoms with Crippen LogP contribution in [0, 0.1) is 0 Å². The monoisotopic (exact) mass is 229 g/mol. The van der Waals surface area contributed by atoms with Crippen molar-refractivity contribution >= 4 is 0 Å². The van der Waals surface area contributed by atoms with Crippen molar-refractivity contribution < 1.29 is 9.47 Å². The molecule has 1 aliphatic heterocycles. The summed E-state index contributed by atoms with van der Waals surface area (Å²) in [5, 5.41) is 0. The minimum Gasteiger partial charge on any atom is -0.454 e. The molecule has 2 aromatic rings. The Morgan fingerprint density at radius 3 is 2.88 bits per heavy atom. The van der Waals surface area contributed by atoms with Gasteiger partial charge in [0.05, 0.1) is 6.54 Å². The number of hydrogen-bond donors (Lipinski definition) is 0. The van der Waals surface area contributed by atoms with Crippen LogP contribution >= 0.6 is 0 Å². The van der Waals surface area contributed by atoms with E-state index in [2.05, 4.69) is 0 Å². The van der Waals surface area contributed by atoms with Gasteiger partial charge >= 0.3 is 0 Å². The first kappa shape index (κ1) is 9.96. The van der Waals surface area contributed by atoms with Crippen LogP contribution in [0.25, 0.3) is 0 Å². The van der Waals surface area contributed by atoms with Crippen LogP contribution in [0.2, 0.25) is 0 Å². The van der Waals surface area contributed by atoms with Crippen LogP contribution in [0.5, 0.6) is 11.5 Å². The van der Waals surface area contributed by atoms with Gasteiger partial charge in [-0.3, -0.25) is 4.79 Å². The summed E-state index contributed by atoms with van der Waals surface area (Å²) in [6, 6.07) is 10.8. The molecular weight excluding hydrogens is 218 g/mol. The second-order valence-corrected chi connectivity index (χ2v) is 3.85.